The first-order chi connectivity index (χ1) is 12.0. The second kappa shape index (κ2) is 7.60. The molecule has 0 aromatic carbocycles. The van der Waals surface area contributed by atoms with E-state index in [1.54, 1.807) is 0 Å². The molecule has 1 aromatic rings. The lowest BCUT2D eigenvalue weighted by molar-refractivity contribution is 0.00954. The minimum atomic E-state index is -0.477. The van der Waals surface area contributed by atoms with E-state index in [0.29, 0.717) is 0 Å². The zero-order valence-corrected chi connectivity index (χ0v) is 15.6. The van der Waals surface area contributed by atoms with E-state index in [2.05, 4.69) is 21.3 Å². The molecular weight excluding hydrogens is 316 g/mol. The summed E-state index contributed by atoms with van der Waals surface area (Å²) < 4.78 is 5.66. The summed E-state index contributed by atoms with van der Waals surface area (Å²) in [5.74, 6) is 1.02. The second-order valence-corrected chi connectivity index (χ2v) is 7.84. The number of amides is 1. The topological polar surface area (TPSA) is 57.7 Å². The van der Waals surface area contributed by atoms with E-state index in [9.17, 15) is 4.79 Å². The predicted octanol–water partition coefficient (Wildman–Crippen LogP) is 2.95. The number of nitrogens with one attached hydrogen (secondary N) is 1. The molecule has 138 valence electrons. The monoisotopic (exact) mass is 346 g/mol. The maximum absolute atomic E-state index is 12.7. The van der Waals surface area contributed by atoms with Crippen LogP contribution < -0.4 is 10.2 Å². The third-order valence-corrected chi connectivity index (χ3v) is 4.72. The lowest BCUT2D eigenvalue weighted by Crippen LogP contribution is -2.46. The highest BCUT2D eigenvalue weighted by Crippen LogP contribution is 2.36. The van der Waals surface area contributed by atoms with Crippen molar-refractivity contribution in [1.82, 2.24) is 15.2 Å². The molecule has 0 radical (unpaired) electrons. The molecule has 0 spiro atoms. The van der Waals surface area contributed by atoms with Crippen molar-refractivity contribution in [3.05, 3.63) is 23.9 Å². The molecule has 2 aliphatic rings. The highest BCUT2D eigenvalue weighted by molar-refractivity contribution is 5.69. The van der Waals surface area contributed by atoms with E-state index >= 15 is 0 Å². The summed E-state index contributed by atoms with van der Waals surface area (Å²) in [5, 5.41) is 3.38. The van der Waals surface area contributed by atoms with Crippen molar-refractivity contribution < 1.29 is 9.53 Å². The van der Waals surface area contributed by atoms with Gasteiger partial charge in [0.15, 0.2) is 0 Å². The molecule has 3 heterocycles. The van der Waals surface area contributed by atoms with E-state index in [0.717, 1.165) is 63.4 Å². The van der Waals surface area contributed by atoms with Crippen LogP contribution in [0.1, 0.15) is 51.6 Å². The van der Waals surface area contributed by atoms with Gasteiger partial charge >= 0.3 is 6.09 Å². The van der Waals surface area contributed by atoms with Crippen LogP contribution in [0.25, 0.3) is 0 Å². The van der Waals surface area contributed by atoms with Gasteiger partial charge in [-0.05, 0) is 46.1 Å². The van der Waals surface area contributed by atoms with Gasteiger partial charge in [0, 0.05) is 44.5 Å². The van der Waals surface area contributed by atoms with Crippen LogP contribution in [0.3, 0.4) is 0 Å². The molecule has 2 aliphatic heterocycles. The molecule has 2 fully saturated rings. The number of hydrogen-bond donors (Lipinski definition) is 1. The maximum atomic E-state index is 12.7. The van der Waals surface area contributed by atoms with Crippen LogP contribution in [0.15, 0.2) is 18.3 Å². The van der Waals surface area contributed by atoms with Crippen LogP contribution in [0, 0.1) is 0 Å². The largest absolute Gasteiger partial charge is 0.444 e. The first kappa shape index (κ1) is 18.0. The first-order valence-electron chi connectivity index (χ1n) is 9.36. The molecule has 1 atom stereocenters. The van der Waals surface area contributed by atoms with Crippen LogP contribution in [0.4, 0.5) is 10.6 Å². The Morgan fingerprint density at radius 1 is 1.24 bits per heavy atom. The standard InChI is InChI=1S/C19H30N4O2/c1-19(2,3)25-18(24)23-12-5-4-8-16(23)15-7-6-9-21-17(15)22-13-10-20-11-14-22/h6-7,9,16,20H,4-5,8,10-14H2,1-3H3. The van der Waals surface area contributed by atoms with Crippen LogP contribution >= 0.6 is 0 Å². The zero-order valence-electron chi connectivity index (χ0n) is 15.6. The molecule has 1 amide bonds. The Balaban J connectivity index is 1.86. The second-order valence-electron chi connectivity index (χ2n) is 7.84. The molecule has 0 bridgehead atoms. The highest BCUT2D eigenvalue weighted by atomic mass is 16.6. The molecule has 2 saturated heterocycles. The number of anilines is 1. The SMILES string of the molecule is CC(C)(C)OC(=O)N1CCCCC1c1cccnc1N1CCNCC1. The van der Waals surface area contributed by atoms with Crippen molar-refractivity contribution in [3.63, 3.8) is 0 Å². The Labute approximate surface area is 150 Å². The molecule has 6 heteroatoms. The highest BCUT2D eigenvalue weighted by Gasteiger charge is 2.33. The van der Waals surface area contributed by atoms with Gasteiger partial charge in [0.05, 0.1) is 6.04 Å². The fourth-order valence-electron chi connectivity index (χ4n) is 3.60. The third kappa shape index (κ3) is 4.42. The van der Waals surface area contributed by atoms with Gasteiger partial charge in [-0.2, -0.15) is 0 Å². The molecular formula is C19H30N4O2. The maximum Gasteiger partial charge on any atom is 0.410 e. The van der Waals surface area contributed by atoms with E-state index in [1.165, 1.54) is 0 Å². The van der Waals surface area contributed by atoms with Gasteiger partial charge in [-0.3, -0.25) is 0 Å². The quantitative estimate of drug-likeness (QED) is 0.892. The molecule has 25 heavy (non-hydrogen) atoms. The number of rotatable bonds is 2. The molecule has 3 rings (SSSR count). The van der Waals surface area contributed by atoms with E-state index in [4.69, 9.17) is 4.74 Å². The Kier molecular flexibility index (Phi) is 5.47. The number of pyridine rings is 1. The lowest BCUT2D eigenvalue weighted by atomic mass is 9.95. The van der Waals surface area contributed by atoms with Gasteiger partial charge in [-0.25, -0.2) is 9.78 Å². The fraction of sp³-hybridized carbons (Fsp3) is 0.684. The Morgan fingerprint density at radius 2 is 2.00 bits per heavy atom. The minimum absolute atomic E-state index is 0.0437. The van der Waals surface area contributed by atoms with Gasteiger partial charge in [0.25, 0.3) is 0 Å². The number of ether oxygens (including phenoxy) is 1. The summed E-state index contributed by atoms with van der Waals surface area (Å²) in [6.07, 6.45) is 4.75. The van der Waals surface area contributed by atoms with Crippen molar-refractivity contribution in [2.24, 2.45) is 0 Å². The number of piperazine rings is 1. The summed E-state index contributed by atoms with van der Waals surface area (Å²) in [4.78, 5) is 21.6. The van der Waals surface area contributed by atoms with Gasteiger partial charge < -0.3 is 19.9 Å². The molecule has 1 unspecified atom stereocenters. The number of nitrogens with zero attached hydrogens (tertiary/aromatic N) is 3. The molecule has 0 saturated carbocycles. The number of carbonyl (C=O) groups is 1. The van der Waals surface area contributed by atoms with Crippen LogP contribution in [0.2, 0.25) is 0 Å². The molecule has 1 aromatic heterocycles. The predicted molar refractivity (Wildman–Crippen MR) is 98.9 cm³/mol. The van der Waals surface area contributed by atoms with Crippen molar-refractivity contribution >= 4 is 11.9 Å². The average molecular weight is 346 g/mol. The zero-order chi connectivity index (χ0) is 17.9. The summed E-state index contributed by atoms with van der Waals surface area (Å²) in [6, 6.07) is 4.14. The Hall–Kier alpha value is -1.82. The molecule has 1 N–H and O–H groups in total. The fourth-order valence-corrected chi connectivity index (χ4v) is 3.60. The van der Waals surface area contributed by atoms with Gasteiger partial charge in [-0.1, -0.05) is 6.07 Å². The normalized spacial score (nSPS) is 22.0. The lowest BCUT2D eigenvalue weighted by Gasteiger charge is -2.39. The Bertz CT molecular complexity index is 593. The van der Waals surface area contributed by atoms with E-state index in [1.807, 2.05) is 37.9 Å². The van der Waals surface area contributed by atoms with Crippen LogP contribution in [-0.4, -0.2) is 54.3 Å². The van der Waals surface area contributed by atoms with Crippen LogP contribution in [0.5, 0.6) is 0 Å². The summed E-state index contributed by atoms with van der Waals surface area (Å²) in [7, 11) is 0. The number of likely N-dealkylation sites (tertiary alicyclic amines) is 1. The van der Waals surface area contributed by atoms with Crippen molar-refractivity contribution in [3.8, 4) is 0 Å². The first-order valence-corrected chi connectivity index (χ1v) is 9.36. The molecule has 0 aliphatic carbocycles. The summed E-state index contributed by atoms with van der Waals surface area (Å²) in [6.45, 7) is 10.3. The number of hydrogen-bond acceptors (Lipinski definition) is 5. The average Bonchev–Trinajstić information content (AvgIpc) is 2.61. The van der Waals surface area contributed by atoms with E-state index < -0.39 is 5.60 Å². The number of aromatic nitrogens is 1. The van der Waals surface area contributed by atoms with Crippen molar-refractivity contribution in [2.75, 3.05) is 37.6 Å². The number of piperidine rings is 1. The van der Waals surface area contributed by atoms with Gasteiger partial charge in [-0.15, -0.1) is 0 Å². The summed E-state index contributed by atoms with van der Waals surface area (Å²) in [5.41, 5.74) is 0.671. The van der Waals surface area contributed by atoms with Crippen LogP contribution in [-0.2, 0) is 4.74 Å². The third-order valence-electron chi connectivity index (χ3n) is 4.72. The minimum Gasteiger partial charge on any atom is -0.444 e. The number of carbonyl (C=O) groups excluding carboxylic acids is 1. The molecule has 6 nitrogen and oxygen atoms in total. The van der Waals surface area contributed by atoms with E-state index in [-0.39, 0.29) is 12.1 Å². The van der Waals surface area contributed by atoms with Gasteiger partial charge in [0.1, 0.15) is 11.4 Å². The summed E-state index contributed by atoms with van der Waals surface area (Å²) >= 11 is 0. The Morgan fingerprint density at radius 3 is 2.72 bits per heavy atom. The smallest absolute Gasteiger partial charge is 0.410 e. The van der Waals surface area contributed by atoms with Crippen molar-refractivity contribution in [2.45, 2.75) is 51.7 Å². The van der Waals surface area contributed by atoms with Gasteiger partial charge in [0.2, 0.25) is 0 Å². The van der Waals surface area contributed by atoms with Crippen molar-refractivity contribution in [1.29, 1.82) is 0 Å².